The van der Waals surface area contributed by atoms with Crippen LogP contribution in [0.15, 0.2) is 52.3 Å². The zero-order valence-corrected chi connectivity index (χ0v) is 16.6. The van der Waals surface area contributed by atoms with Crippen LogP contribution in [0.5, 0.6) is 0 Å². The number of thiazole rings is 1. The van der Waals surface area contributed by atoms with E-state index in [1.54, 1.807) is 16.6 Å². The molecular formula is C19H15BrN4OS. The van der Waals surface area contributed by atoms with E-state index in [4.69, 9.17) is 0 Å². The maximum atomic E-state index is 12.4. The second kappa shape index (κ2) is 6.66. The number of anilines is 1. The van der Waals surface area contributed by atoms with Gasteiger partial charge in [-0.15, -0.1) is 16.4 Å². The number of fused-ring (bicyclic) bond motifs is 1. The van der Waals surface area contributed by atoms with Crippen LogP contribution in [0, 0.1) is 13.8 Å². The highest BCUT2D eigenvalue weighted by Crippen LogP contribution is 2.29. The minimum Gasteiger partial charge on any atom is -0.289 e. The first-order valence-corrected chi connectivity index (χ1v) is 9.67. The fraction of sp³-hybridized carbons (Fsp3) is 0.105. The summed E-state index contributed by atoms with van der Waals surface area (Å²) in [4.78, 5) is 17.6. The van der Waals surface area contributed by atoms with Crippen molar-refractivity contribution in [3.63, 3.8) is 0 Å². The van der Waals surface area contributed by atoms with Crippen LogP contribution in [-0.4, -0.2) is 20.5 Å². The Morgan fingerprint density at radius 1 is 1.19 bits per heavy atom. The first kappa shape index (κ1) is 16.9. The number of hydrogen-bond acceptors (Lipinski definition) is 4. The number of rotatable bonds is 3. The summed E-state index contributed by atoms with van der Waals surface area (Å²) >= 11 is 4.87. The molecule has 1 N–H and O–H groups in total. The third kappa shape index (κ3) is 3.15. The van der Waals surface area contributed by atoms with Gasteiger partial charge in [-0.25, -0.2) is 4.52 Å². The second-order valence-corrected chi connectivity index (χ2v) is 7.79. The SMILES string of the molecule is Cc1ccc(-c2csc3nc(NC(=O)c4cccc(Br)c4)nn23)c(C)c1. The van der Waals surface area contributed by atoms with Gasteiger partial charge in [-0.1, -0.05) is 45.8 Å². The minimum absolute atomic E-state index is 0.238. The standard InChI is InChI=1S/C19H15BrN4OS/c1-11-6-7-15(12(2)8-11)16-10-26-19-22-18(23-24(16)19)21-17(25)13-4-3-5-14(20)9-13/h3-10H,1-2H3,(H,21,23,25). The Hall–Kier alpha value is -2.51. The van der Waals surface area contributed by atoms with Crippen LogP contribution in [0.2, 0.25) is 0 Å². The molecule has 1 amide bonds. The quantitative estimate of drug-likeness (QED) is 0.496. The smallest absolute Gasteiger partial charge is 0.258 e. The Labute approximate surface area is 162 Å². The highest BCUT2D eigenvalue weighted by Gasteiger charge is 2.15. The van der Waals surface area contributed by atoms with Gasteiger partial charge in [-0.05, 0) is 37.6 Å². The Morgan fingerprint density at radius 3 is 2.81 bits per heavy atom. The summed E-state index contributed by atoms with van der Waals surface area (Å²) in [5.41, 5.74) is 5.03. The van der Waals surface area contributed by atoms with Crippen molar-refractivity contribution in [3.05, 3.63) is 69.0 Å². The predicted octanol–water partition coefficient (Wildman–Crippen LogP) is 5.09. The minimum atomic E-state index is -0.238. The Morgan fingerprint density at radius 2 is 2.04 bits per heavy atom. The van der Waals surface area contributed by atoms with Crippen molar-refractivity contribution in [3.8, 4) is 11.3 Å². The van der Waals surface area contributed by atoms with Crippen molar-refractivity contribution in [2.75, 3.05) is 5.32 Å². The summed E-state index contributed by atoms with van der Waals surface area (Å²) in [6.07, 6.45) is 0. The summed E-state index contributed by atoms with van der Waals surface area (Å²) in [5.74, 6) is 0.0606. The molecule has 0 fully saturated rings. The van der Waals surface area contributed by atoms with Crippen molar-refractivity contribution in [1.82, 2.24) is 14.6 Å². The fourth-order valence-corrected chi connectivity index (χ4v) is 4.05. The third-order valence-corrected chi connectivity index (χ3v) is 5.36. The van der Waals surface area contributed by atoms with E-state index in [2.05, 4.69) is 63.4 Å². The van der Waals surface area contributed by atoms with E-state index in [0.717, 1.165) is 20.7 Å². The van der Waals surface area contributed by atoms with Crippen LogP contribution in [0.1, 0.15) is 21.5 Å². The monoisotopic (exact) mass is 426 g/mol. The van der Waals surface area contributed by atoms with Crippen LogP contribution in [0.3, 0.4) is 0 Å². The summed E-state index contributed by atoms with van der Waals surface area (Å²) in [5, 5.41) is 9.27. The van der Waals surface area contributed by atoms with E-state index >= 15 is 0 Å². The maximum Gasteiger partial charge on any atom is 0.258 e. The third-order valence-electron chi connectivity index (χ3n) is 4.05. The largest absolute Gasteiger partial charge is 0.289 e. The van der Waals surface area contributed by atoms with Gasteiger partial charge in [0.15, 0.2) is 0 Å². The van der Waals surface area contributed by atoms with E-state index in [0.29, 0.717) is 11.5 Å². The lowest BCUT2D eigenvalue weighted by Crippen LogP contribution is -2.13. The van der Waals surface area contributed by atoms with Gasteiger partial charge in [0.25, 0.3) is 11.9 Å². The van der Waals surface area contributed by atoms with Crippen molar-refractivity contribution >= 4 is 44.1 Å². The van der Waals surface area contributed by atoms with Gasteiger partial charge in [0.2, 0.25) is 4.96 Å². The fourth-order valence-electron chi connectivity index (χ4n) is 2.82. The lowest BCUT2D eigenvalue weighted by atomic mass is 10.0. The number of benzene rings is 2. The molecule has 2 heterocycles. The summed E-state index contributed by atoms with van der Waals surface area (Å²) in [7, 11) is 0. The van der Waals surface area contributed by atoms with Gasteiger partial charge >= 0.3 is 0 Å². The highest BCUT2D eigenvalue weighted by molar-refractivity contribution is 9.10. The molecule has 26 heavy (non-hydrogen) atoms. The van der Waals surface area contributed by atoms with Gasteiger partial charge < -0.3 is 0 Å². The molecule has 0 atom stereocenters. The number of nitrogens with zero attached hydrogens (tertiary/aromatic N) is 3. The number of hydrogen-bond donors (Lipinski definition) is 1. The van der Waals surface area contributed by atoms with Crippen LogP contribution >= 0.6 is 27.3 Å². The number of halogens is 1. The first-order valence-electron chi connectivity index (χ1n) is 8.00. The van der Waals surface area contributed by atoms with Gasteiger partial charge in [0.05, 0.1) is 5.69 Å². The van der Waals surface area contributed by atoms with Crippen LogP contribution < -0.4 is 5.32 Å². The molecule has 0 saturated carbocycles. The van der Waals surface area contributed by atoms with Gasteiger partial charge in [0, 0.05) is 21.0 Å². The second-order valence-electron chi connectivity index (χ2n) is 6.03. The average molecular weight is 427 g/mol. The summed E-state index contributed by atoms with van der Waals surface area (Å²) in [6, 6.07) is 13.5. The average Bonchev–Trinajstić information content (AvgIpc) is 3.15. The zero-order valence-electron chi connectivity index (χ0n) is 14.2. The summed E-state index contributed by atoms with van der Waals surface area (Å²) in [6.45, 7) is 4.16. The molecule has 0 aliphatic carbocycles. The number of nitrogens with one attached hydrogen (secondary N) is 1. The molecule has 4 rings (SSSR count). The molecule has 0 bridgehead atoms. The predicted molar refractivity (Wildman–Crippen MR) is 108 cm³/mol. The van der Waals surface area contributed by atoms with Crippen LogP contribution in [0.25, 0.3) is 16.2 Å². The van der Waals surface area contributed by atoms with Crippen LogP contribution in [-0.2, 0) is 0 Å². The van der Waals surface area contributed by atoms with E-state index in [9.17, 15) is 4.79 Å². The lowest BCUT2D eigenvalue weighted by Gasteiger charge is -2.05. The van der Waals surface area contributed by atoms with E-state index in [-0.39, 0.29) is 5.91 Å². The molecule has 130 valence electrons. The highest BCUT2D eigenvalue weighted by atomic mass is 79.9. The molecule has 0 spiro atoms. The van der Waals surface area contributed by atoms with Crippen molar-refractivity contribution < 1.29 is 4.79 Å². The van der Waals surface area contributed by atoms with Gasteiger partial charge in [0.1, 0.15) is 0 Å². The molecule has 0 saturated heterocycles. The van der Waals surface area contributed by atoms with E-state index in [1.807, 2.05) is 17.5 Å². The molecule has 0 aliphatic heterocycles. The Kier molecular flexibility index (Phi) is 4.34. The topological polar surface area (TPSA) is 59.3 Å². The molecular weight excluding hydrogens is 412 g/mol. The Bertz CT molecular complexity index is 1130. The van der Waals surface area contributed by atoms with Crippen LogP contribution in [0.4, 0.5) is 5.95 Å². The molecule has 7 heteroatoms. The number of aromatic nitrogens is 3. The van der Waals surface area contributed by atoms with Crippen molar-refractivity contribution in [2.45, 2.75) is 13.8 Å². The molecule has 0 radical (unpaired) electrons. The van der Waals surface area contributed by atoms with Gasteiger partial charge in [-0.3, -0.25) is 10.1 Å². The van der Waals surface area contributed by atoms with Gasteiger partial charge in [-0.2, -0.15) is 4.98 Å². The van der Waals surface area contributed by atoms with E-state index in [1.165, 1.54) is 22.5 Å². The molecule has 0 unspecified atom stereocenters. The normalized spacial score (nSPS) is 11.0. The molecule has 5 nitrogen and oxygen atoms in total. The summed E-state index contributed by atoms with van der Waals surface area (Å²) < 4.78 is 2.62. The molecule has 2 aromatic carbocycles. The number of aryl methyl sites for hydroxylation is 2. The number of amides is 1. The zero-order chi connectivity index (χ0) is 18.3. The lowest BCUT2D eigenvalue weighted by molar-refractivity contribution is 0.102. The molecule has 4 aromatic rings. The number of carbonyl (C=O) groups excluding carboxylic acids is 1. The number of carbonyl (C=O) groups is 1. The molecule has 2 aromatic heterocycles. The molecule has 0 aliphatic rings. The van der Waals surface area contributed by atoms with E-state index < -0.39 is 0 Å². The first-order chi connectivity index (χ1) is 12.5. The van der Waals surface area contributed by atoms with Crippen molar-refractivity contribution in [1.29, 1.82) is 0 Å². The Balaban J connectivity index is 1.67. The maximum absolute atomic E-state index is 12.4. The van der Waals surface area contributed by atoms with Crippen molar-refractivity contribution in [2.24, 2.45) is 0 Å².